The minimum Gasteiger partial charge on any atom is -0.406 e. The molecule has 0 saturated carbocycles. The van der Waals surface area contributed by atoms with Gasteiger partial charge in [-0.2, -0.15) is 0 Å². The van der Waals surface area contributed by atoms with Gasteiger partial charge < -0.3 is 4.74 Å². The molecule has 0 N–H and O–H groups in total. The summed E-state index contributed by atoms with van der Waals surface area (Å²) in [5.74, 6) is -1.50. The molecule has 3 rings (SSSR count). The van der Waals surface area contributed by atoms with Gasteiger partial charge >= 0.3 is 6.36 Å². The Morgan fingerprint density at radius 3 is 2.31 bits per heavy atom. The monoisotopic (exact) mass is 363 g/mol. The van der Waals surface area contributed by atoms with Gasteiger partial charge in [0.05, 0.1) is 0 Å². The highest BCUT2D eigenvalue weighted by molar-refractivity contribution is 5.64. The van der Waals surface area contributed by atoms with E-state index in [1.54, 1.807) is 24.5 Å². The molecule has 1 aromatic carbocycles. The fraction of sp³-hybridized carbons (Fsp3) is 0.167. The number of nitrogens with zero attached hydrogens (tertiary/aromatic N) is 3. The second-order valence-electron chi connectivity index (χ2n) is 5.55. The van der Waals surface area contributed by atoms with Crippen molar-refractivity contribution in [3.8, 4) is 16.9 Å². The minimum absolute atomic E-state index is 0.0577. The first kappa shape index (κ1) is 17.8. The van der Waals surface area contributed by atoms with E-state index in [2.05, 4.69) is 19.7 Å². The van der Waals surface area contributed by atoms with Gasteiger partial charge in [0, 0.05) is 47.4 Å². The first-order valence-electron chi connectivity index (χ1n) is 7.60. The van der Waals surface area contributed by atoms with Gasteiger partial charge in [0.1, 0.15) is 17.9 Å². The van der Waals surface area contributed by atoms with Crippen LogP contribution in [0.25, 0.3) is 11.1 Å². The lowest BCUT2D eigenvalue weighted by molar-refractivity contribution is -0.274. The SMILES string of the molecule is CC(c1cncnc1)c1ccc(-c2ccc(OC(F)(F)F)cc2F)cn1. The van der Waals surface area contributed by atoms with E-state index in [0.29, 0.717) is 11.6 Å². The van der Waals surface area contributed by atoms with Crippen LogP contribution in [-0.2, 0) is 0 Å². The number of ether oxygens (including phenoxy) is 1. The van der Waals surface area contributed by atoms with Crippen molar-refractivity contribution in [1.29, 1.82) is 0 Å². The van der Waals surface area contributed by atoms with Crippen LogP contribution in [-0.4, -0.2) is 21.3 Å². The van der Waals surface area contributed by atoms with Crippen molar-refractivity contribution >= 4 is 0 Å². The Morgan fingerprint density at radius 2 is 1.73 bits per heavy atom. The van der Waals surface area contributed by atoms with Gasteiger partial charge in [-0.15, -0.1) is 13.2 Å². The third-order valence-electron chi connectivity index (χ3n) is 3.80. The van der Waals surface area contributed by atoms with Gasteiger partial charge in [-0.1, -0.05) is 13.0 Å². The second-order valence-corrected chi connectivity index (χ2v) is 5.55. The van der Waals surface area contributed by atoms with Crippen LogP contribution >= 0.6 is 0 Å². The zero-order valence-electron chi connectivity index (χ0n) is 13.5. The van der Waals surface area contributed by atoms with Gasteiger partial charge in [0.15, 0.2) is 0 Å². The average Bonchev–Trinajstić information content (AvgIpc) is 2.61. The van der Waals surface area contributed by atoms with Crippen molar-refractivity contribution in [2.24, 2.45) is 0 Å². The van der Waals surface area contributed by atoms with Crippen LogP contribution < -0.4 is 4.74 Å². The summed E-state index contributed by atoms with van der Waals surface area (Å²) in [6, 6.07) is 6.36. The lowest BCUT2D eigenvalue weighted by atomic mass is 9.99. The van der Waals surface area contributed by atoms with E-state index in [9.17, 15) is 17.6 Å². The smallest absolute Gasteiger partial charge is 0.406 e. The standard InChI is InChI=1S/C18H13F4N3O/c1-11(13-7-23-10-24-8-13)17-5-2-12(9-25-17)15-4-3-14(6-16(15)19)26-18(20,21)22/h2-11H,1H3. The molecule has 134 valence electrons. The summed E-state index contributed by atoms with van der Waals surface area (Å²) in [4.78, 5) is 12.2. The first-order chi connectivity index (χ1) is 12.3. The van der Waals surface area contributed by atoms with Crippen molar-refractivity contribution in [2.75, 3.05) is 0 Å². The quantitative estimate of drug-likeness (QED) is 0.629. The van der Waals surface area contributed by atoms with Crippen molar-refractivity contribution in [1.82, 2.24) is 15.0 Å². The summed E-state index contributed by atoms with van der Waals surface area (Å²) >= 11 is 0. The largest absolute Gasteiger partial charge is 0.573 e. The summed E-state index contributed by atoms with van der Waals surface area (Å²) < 4.78 is 54.4. The van der Waals surface area contributed by atoms with Gasteiger partial charge in [-0.25, -0.2) is 14.4 Å². The van der Waals surface area contributed by atoms with Crippen molar-refractivity contribution in [3.05, 3.63) is 72.3 Å². The molecule has 1 atom stereocenters. The molecule has 0 bridgehead atoms. The van der Waals surface area contributed by atoms with E-state index in [4.69, 9.17) is 0 Å². The number of pyridine rings is 1. The fourth-order valence-corrected chi connectivity index (χ4v) is 2.45. The van der Waals surface area contributed by atoms with Crippen molar-refractivity contribution in [3.63, 3.8) is 0 Å². The van der Waals surface area contributed by atoms with Crippen LogP contribution in [0.4, 0.5) is 17.6 Å². The van der Waals surface area contributed by atoms with Crippen molar-refractivity contribution < 1.29 is 22.3 Å². The summed E-state index contributed by atoms with van der Waals surface area (Å²) in [7, 11) is 0. The third kappa shape index (κ3) is 4.14. The van der Waals surface area contributed by atoms with E-state index >= 15 is 0 Å². The maximum atomic E-state index is 14.1. The van der Waals surface area contributed by atoms with E-state index < -0.39 is 17.9 Å². The normalized spacial score (nSPS) is 12.7. The number of hydrogen-bond acceptors (Lipinski definition) is 4. The molecule has 0 radical (unpaired) electrons. The minimum atomic E-state index is -4.87. The summed E-state index contributed by atoms with van der Waals surface area (Å²) in [6.07, 6.45) is 1.41. The summed E-state index contributed by atoms with van der Waals surface area (Å²) in [5.41, 5.74) is 2.20. The highest BCUT2D eigenvalue weighted by atomic mass is 19.4. The molecular formula is C18H13F4N3O. The number of rotatable bonds is 4. The molecule has 0 aliphatic heterocycles. The molecule has 0 aliphatic rings. The molecule has 0 aliphatic carbocycles. The first-order valence-corrected chi connectivity index (χ1v) is 7.60. The van der Waals surface area contributed by atoms with E-state index in [0.717, 1.165) is 17.3 Å². The Kier molecular flexibility index (Phi) is 4.83. The van der Waals surface area contributed by atoms with Crippen molar-refractivity contribution in [2.45, 2.75) is 19.2 Å². The van der Waals surface area contributed by atoms with Gasteiger partial charge in [0.25, 0.3) is 0 Å². The van der Waals surface area contributed by atoms with E-state index in [1.165, 1.54) is 18.6 Å². The Bertz CT molecular complexity index is 883. The average molecular weight is 363 g/mol. The van der Waals surface area contributed by atoms with Crippen LogP contribution in [0.15, 0.2) is 55.2 Å². The van der Waals surface area contributed by atoms with Gasteiger partial charge in [-0.05, 0) is 23.8 Å². The third-order valence-corrected chi connectivity index (χ3v) is 3.80. The van der Waals surface area contributed by atoms with Crippen LogP contribution in [0.2, 0.25) is 0 Å². The highest BCUT2D eigenvalue weighted by Crippen LogP contribution is 2.30. The maximum Gasteiger partial charge on any atom is 0.573 e. The molecule has 26 heavy (non-hydrogen) atoms. The number of alkyl halides is 3. The van der Waals surface area contributed by atoms with Crippen LogP contribution in [0, 0.1) is 5.82 Å². The molecule has 0 amide bonds. The number of benzene rings is 1. The number of halogens is 4. The molecule has 8 heteroatoms. The molecule has 0 saturated heterocycles. The van der Waals surface area contributed by atoms with E-state index in [1.807, 2.05) is 6.92 Å². The molecule has 2 heterocycles. The highest BCUT2D eigenvalue weighted by Gasteiger charge is 2.31. The summed E-state index contributed by atoms with van der Waals surface area (Å²) in [6.45, 7) is 1.94. The van der Waals surface area contributed by atoms with Crippen LogP contribution in [0.5, 0.6) is 5.75 Å². The lowest BCUT2D eigenvalue weighted by Gasteiger charge is -2.12. The van der Waals surface area contributed by atoms with Crippen LogP contribution in [0.3, 0.4) is 0 Å². The number of aromatic nitrogens is 3. The zero-order chi connectivity index (χ0) is 18.7. The van der Waals surface area contributed by atoms with Crippen LogP contribution in [0.1, 0.15) is 24.1 Å². The fourth-order valence-electron chi connectivity index (χ4n) is 2.45. The zero-order valence-corrected chi connectivity index (χ0v) is 13.5. The Balaban J connectivity index is 1.82. The maximum absolute atomic E-state index is 14.1. The Morgan fingerprint density at radius 1 is 1.00 bits per heavy atom. The Hall–Kier alpha value is -3.03. The molecule has 3 aromatic rings. The molecule has 0 fully saturated rings. The summed E-state index contributed by atoms with van der Waals surface area (Å²) in [5, 5.41) is 0. The molecule has 0 spiro atoms. The molecule has 1 unspecified atom stereocenters. The number of hydrogen-bond donors (Lipinski definition) is 0. The Labute approximate surface area is 146 Å². The lowest BCUT2D eigenvalue weighted by Crippen LogP contribution is -2.17. The van der Waals surface area contributed by atoms with Gasteiger partial charge in [-0.3, -0.25) is 4.98 Å². The molecular weight excluding hydrogens is 350 g/mol. The molecule has 2 aromatic heterocycles. The van der Waals surface area contributed by atoms with E-state index in [-0.39, 0.29) is 11.5 Å². The predicted octanol–water partition coefficient (Wildman–Crippen LogP) is 4.73. The second kappa shape index (κ2) is 7.07. The topological polar surface area (TPSA) is 47.9 Å². The predicted molar refractivity (Wildman–Crippen MR) is 85.9 cm³/mol. The van der Waals surface area contributed by atoms with Gasteiger partial charge in [0.2, 0.25) is 0 Å². The molecule has 4 nitrogen and oxygen atoms in total.